The zero-order valence-electron chi connectivity index (χ0n) is 10.3. The number of carboxylic acid groups (broad SMARTS) is 2. The van der Waals surface area contributed by atoms with Crippen LogP contribution in [0.15, 0.2) is 0 Å². The van der Waals surface area contributed by atoms with E-state index >= 15 is 0 Å². The van der Waals surface area contributed by atoms with Gasteiger partial charge in [-0.1, -0.05) is 0 Å². The Hall–Kier alpha value is -1.52. The Bertz CT molecular complexity index is 268. The fourth-order valence-corrected chi connectivity index (χ4v) is 0.407. The maximum absolute atomic E-state index is 9.83. The van der Waals surface area contributed by atoms with Gasteiger partial charge >= 0.3 is 32.7 Å². The molecule has 0 fully saturated rings. The average molecular weight is 272 g/mol. The van der Waals surface area contributed by atoms with Gasteiger partial charge in [-0.3, -0.25) is 9.59 Å². The molecule has 0 aromatic rings. The van der Waals surface area contributed by atoms with Crippen LogP contribution in [0.1, 0.15) is 33.6 Å². The first kappa shape index (κ1) is 21.7. The molecule has 0 aliphatic rings. The van der Waals surface area contributed by atoms with Crippen LogP contribution >= 0.6 is 0 Å². The number of aliphatic carboxylic acids is 2. The van der Waals surface area contributed by atoms with Crippen LogP contribution in [0.5, 0.6) is 0 Å². The molecule has 0 saturated carbocycles. The Balaban J connectivity index is -0.000000196. The SMILES string of the molecule is CC(=O)CC(=O)[O-].CC(=O)CC(=O)[O-].C[C](=O)[Al+2]. The molecule has 0 aromatic heterocycles. The van der Waals surface area contributed by atoms with Gasteiger partial charge in [0.2, 0.25) is 0 Å². The number of hydrogen-bond acceptors (Lipinski definition) is 7. The summed E-state index contributed by atoms with van der Waals surface area (Å²) >= 11 is 2.02. The summed E-state index contributed by atoms with van der Waals surface area (Å²) in [6, 6.07) is 0. The predicted molar refractivity (Wildman–Crippen MR) is 57.0 cm³/mol. The second-order valence-corrected chi connectivity index (χ2v) is 3.93. The summed E-state index contributed by atoms with van der Waals surface area (Å²) in [6.07, 6.45) is -0.944. The van der Waals surface area contributed by atoms with Crippen LogP contribution in [0.25, 0.3) is 0 Å². The molecular weight excluding hydrogens is 259 g/mol. The van der Waals surface area contributed by atoms with Gasteiger partial charge in [0.1, 0.15) is 11.6 Å². The first-order valence-corrected chi connectivity index (χ1v) is 5.21. The van der Waals surface area contributed by atoms with Crippen molar-refractivity contribution < 1.29 is 34.2 Å². The Kier molecular flexibility index (Phi) is 16.4. The number of ketones is 2. The van der Waals surface area contributed by atoms with Crippen LogP contribution in [-0.2, 0) is 24.0 Å². The minimum atomic E-state index is -1.31. The molecule has 0 unspecified atom stereocenters. The Morgan fingerprint density at radius 3 is 0.944 bits per heavy atom. The van der Waals surface area contributed by atoms with Crippen molar-refractivity contribution in [3.8, 4) is 0 Å². The Morgan fingerprint density at radius 2 is 0.944 bits per heavy atom. The molecule has 0 saturated heterocycles. The van der Waals surface area contributed by atoms with E-state index < -0.39 is 24.8 Å². The van der Waals surface area contributed by atoms with Gasteiger partial charge in [-0.05, 0) is 13.8 Å². The van der Waals surface area contributed by atoms with Crippen molar-refractivity contribution in [2.24, 2.45) is 0 Å². The molecule has 0 radical (unpaired) electrons. The normalized spacial score (nSPS) is 7.83. The van der Waals surface area contributed by atoms with E-state index in [1.165, 1.54) is 20.8 Å². The molecule has 0 spiro atoms. The molecule has 0 rings (SSSR count). The van der Waals surface area contributed by atoms with Crippen molar-refractivity contribution in [3.63, 3.8) is 0 Å². The van der Waals surface area contributed by atoms with Crippen LogP contribution in [0.2, 0.25) is 0 Å². The zero-order chi connectivity index (χ0) is 15.3. The van der Waals surface area contributed by atoms with Crippen molar-refractivity contribution in [1.29, 1.82) is 0 Å². The van der Waals surface area contributed by atoms with Gasteiger partial charge in [-0.2, -0.15) is 0 Å². The molecule has 0 N–H and O–H groups in total. The Labute approximate surface area is 113 Å². The van der Waals surface area contributed by atoms with Gasteiger partial charge < -0.3 is 19.8 Å². The minimum absolute atomic E-state index is 0.0833. The molecular formula is C10H13AlO7. The summed E-state index contributed by atoms with van der Waals surface area (Å²) in [5.41, 5.74) is 0. The van der Waals surface area contributed by atoms with E-state index in [0.29, 0.717) is 0 Å². The molecule has 0 bridgehead atoms. The molecule has 0 aromatic carbocycles. The number of hydrogen-bond donors (Lipinski definition) is 0. The summed E-state index contributed by atoms with van der Waals surface area (Å²) in [4.78, 5) is 48.0. The van der Waals surface area contributed by atoms with Crippen LogP contribution in [0.4, 0.5) is 0 Å². The number of Topliss-reactive ketones (excluding diaryl/α,β-unsaturated/α-hetero) is 2. The molecule has 0 amide bonds. The molecule has 0 aliphatic carbocycles. The third-order valence-corrected chi connectivity index (χ3v) is 0.787. The van der Waals surface area contributed by atoms with Gasteiger partial charge in [-0.25, -0.2) is 0 Å². The number of carboxylic acids is 2. The van der Waals surface area contributed by atoms with Crippen molar-refractivity contribution in [1.82, 2.24) is 0 Å². The van der Waals surface area contributed by atoms with Gasteiger partial charge in [0.25, 0.3) is 0 Å². The van der Waals surface area contributed by atoms with Crippen molar-refractivity contribution in [3.05, 3.63) is 0 Å². The second kappa shape index (κ2) is 13.5. The van der Waals surface area contributed by atoms with E-state index in [1.54, 1.807) is 0 Å². The van der Waals surface area contributed by atoms with E-state index in [-0.39, 0.29) is 16.2 Å². The average Bonchev–Trinajstić information content (AvgIpc) is 1.96. The van der Waals surface area contributed by atoms with Gasteiger partial charge in [0.05, 0.1) is 0 Å². The van der Waals surface area contributed by atoms with Crippen LogP contribution < -0.4 is 10.2 Å². The van der Waals surface area contributed by atoms with Crippen molar-refractivity contribution in [2.75, 3.05) is 0 Å². The number of rotatable bonds is 4. The van der Waals surface area contributed by atoms with E-state index in [0.717, 1.165) is 0 Å². The van der Waals surface area contributed by atoms with Crippen LogP contribution in [-0.4, -0.2) is 44.4 Å². The van der Waals surface area contributed by atoms with E-state index in [2.05, 4.69) is 0 Å². The quantitative estimate of drug-likeness (QED) is 0.397. The van der Waals surface area contributed by atoms with Crippen molar-refractivity contribution >= 4 is 44.4 Å². The molecule has 0 aliphatic heterocycles. The fraction of sp³-hybridized carbons (Fsp3) is 0.500. The molecule has 0 atom stereocenters. The van der Waals surface area contributed by atoms with Gasteiger partial charge in [0, 0.05) is 24.8 Å². The summed E-state index contributed by atoms with van der Waals surface area (Å²) in [7, 11) is 0. The van der Waals surface area contributed by atoms with Crippen molar-refractivity contribution in [2.45, 2.75) is 33.6 Å². The summed E-state index contributed by atoms with van der Waals surface area (Å²) < 4.78 is 0.0833. The standard InChI is InChI=1S/2C4H6O3.C2H3O.Al/c2*1-3(5)2-4(6)7;1-2-3;/h2*2H2,1H3,(H,6,7);1H3;/q;;;+2/p-2. The molecule has 8 heteroatoms. The van der Waals surface area contributed by atoms with Crippen LogP contribution in [0, 0.1) is 0 Å². The summed E-state index contributed by atoms with van der Waals surface area (Å²) in [5.74, 6) is -3.37. The third-order valence-electron chi connectivity index (χ3n) is 0.787. The zero-order valence-corrected chi connectivity index (χ0v) is 11.5. The molecule has 18 heavy (non-hydrogen) atoms. The Morgan fingerprint density at radius 1 is 0.778 bits per heavy atom. The first-order chi connectivity index (χ1) is 7.98. The summed E-state index contributed by atoms with van der Waals surface area (Å²) in [5, 5.41) is 19.0. The van der Waals surface area contributed by atoms with Crippen LogP contribution in [0.3, 0.4) is 0 Å². The maximum atomic E-state index is 9.83. The molecule has 98 valence electrons. The van der Waals surface area contributed by atoms with E-state index in [9.17, 15) is 34.2 Å². The second-order valence-electron chi connectivity index (χ2n) is 3.11. The third kappa shape index (κ3) is 62.6. The first-order valence-electron chi connectivity index (χ1n) is 4.63. The van der Waals surface area contributed by atoms with E-state index in [4.69, 9.17) is 0 Å². The molecule has 7 nitrogen and oxygen atoms in total. The summed E-state index contributed by atoms with van der Waals surface area (Å²) in [6.45, 7) is 3.90. The fourth-order valence-electron chi connectivity index (χ4n) is 0.407. The van der Waals surface area contributed by atoms with Gasteiger partial charge in [-0.15, -0.1) is 0 Å². The monoisotopic (exact) mass is 272 g/mol. The number of carbonyl (C=O) groups excluding carboxylic acids is 5. The topological polar surface area (TPSA) is 131 Å². The number of carbonyl (C=O) groups is 5. The van der Waals surface area contributed by atoms with E-state index in [1.807, 2.05) is 16.3 Å². The molecule has 0 heterocycles. The predicted octanol–water partition coefficient (Wildman–Crippen LogP) is -2.87. The van der Waals surface area contributed by atoms with Gasteiger partial charge in [0.15, 0.2) is 0 Å².